The highest BCUT2D eigenvalue weighted by atomic mass is 14.9. The first-order valence-electron chi connectivity index (χ1n) is 23.6. The van der Waals surface area contributed by atoms with Crippen LogP contribution >= 0.6 is 0 Å². The van der Waals surface area contributed by atoms with Crippen molar-refractivity contribution in [2.75, 3.05) is 0 Å². The predicted molar refractivity (Wildman–Crippen MR) is 285 cm³/mol. The van der Waals surface area contributed by atoms with Gasteiger partial charge in [-0.25, -0.2) is 15.0 Å². The summed E-state index contributed by atoms with van der Waals surface area (Å²) in [7, 11) is 0. The molecule has 322 valence electrons. The maximum atomic E-state index is 5.47. The average molecular weight is 878 g/mol. The third-order valence-corrected chi connectivity index (χ3v) is 14.0. The number of hydrogen-bond acceptors (Lipinski definition) is 3. The van der Waals surface area contributed by atoms with Crippen LogP contribution in [0.5, 0.6) is 0 Å². The normalized spacial score (nSPS) is 12.5. The Morgan fingerprint density at radius 2 is 0.754 bits per heavy atom. The second-order valence-electron chi connectivity index (χ2n) is 17.9. The van der Waals surface area contributed by atoms with Crippen LogP contribution in [-0.4, -0.2) is 15.0 Å². The monoisotopic (exact) mass is 877 g/mol. The van der Waals surface area contributed by atoms with Crippen molar-refractivity contribution in [3.8, 4) is 78.5 Å². The van der Waals surface area contributed by atoms with Crippen LogP contribution in [0.25, 0.3) is 100 Å². The van der Waals surface area contributed by atoms with E-state index in [1.165, 1.54) is 49.9 Å². The van der Waals surface area contributed by atoms with Gasteiger partial charge in [-0.2, -0.15) is 0 Å². The van der Waals surface area contributed by atoms with E-state index in [1.54, 1.807) is 0 Å². The molecule has 0 amide bonds. The molecular weight excluding hydrogens is 835 g/mol. The molecule has 1 aliphatic carbocycles. The Bertz CT molecular complexity index is 3810. The smallest absolute Gasteiger partial charge is 0.160 e. The van der Waals surface area contributed by atoms with E-state index < -0.39 is 5.41 Å². The molecule has 13 rings (SSSR count). The van der Waals surface area contributed by atoms with Gasteiger partial charge in [0.1, 0.15) is 0 Å². The van der Waals surface area contributed by atoms with Gasteiger partial charge in [-0.3, -0.25) is 0 Å². The second kappa shape index (κ2) is 16.7. The quantitative estimate of drug-likeness (QED) is 0.143. The molecule has 10 aromatic carbocycles. The molecule has 0 unspecified atom stereocenters. The highest BCUT2D eigenvalue weighted by molar-refractivity contribution is 6.13. The molecule has 3 heteroatoms. The Labute approximate surface area is 401 Å². The summed E-state index contributed by atoms with van der Waals surface area (Å²) in [6.07, 6.45) is 0. The fraction of sp³-hybridized carbons (Fsp3) is 0.0152. The topological polar surface area (TPSA) is 38.7 Å². The van der Waals surface area contributed by atoms with Crippen LogP contribution in [0.2, 0.25) is 0 Å². The molecule has 0 atom stereocenters. The van der Waals surface area contributed by atoms with Gasteiger partial charge in [-0.1, -0.05) is 231 Å². The Morgan fingerprint density at radius 3 is 1.43 bits per heavy atom. The Balaban J connectivity index is 0.916. The van der Waals surface area contributed by atoms with Gasteiger partial charge >= 0.3 is 0 Å². The molecule has 0 fully saturated rings. The summed E-state index contributed by atoms with van der Waals surface area (Å²) in [5, 5.41) is 3.47. The van der Waals surface area contributed by atoms with E-state index in [2.05, 4.69) is 249 Å². The first-order chi connectivity index (χ1) is 34.2. The molecule has 1 aliphatic rings. The Hall–Kier alpha value is -9.05. The zero-order valence-electron chi connectivity index (χ0n) is 37.7. The molecule has 12 aromatic rings. The van der Waals surface area contributed by atoms with Crippen LogP contribution in [0.15, 0.2) is 261 Å². The van der Waals surface area contributed by atoms with Crippen molar-refractivity contribution < 1.29 is 0 Å². The minimum Gasteiger partial charge on any atom is -0.247 e. The van der Waals surface area contributed by atoms with Gasteiger partial charge in [-0.15, -0.1) is 0 Å². The predicted octanol–water partition coefficient (Wildman–Crippen LogP) is 16.5. The highest BCUT2D eigenvalue weighted by Gasteiger charge is 2.46. The number of hydrogen-bond donors (Lipinski definition) is 0. The molecule has 0 N–H and O–H groups in total. The second-order valence-corrected chi connectivity index (χ2v) is 17.9. The lowest BCUT2D eigenvalue weighted by Crippen LogP contribution is -2.28. The van der Waals surface area contributed by atoms with Crippen molar-refractivity contribution >= 4 is 21.7 Å². The summed E-state index contributed by atoms with van der Waals surface area (Å²) < 4.78 is 0. The summed E-state index contributed by atoms with van der Waals surface area (Å²) in [4.78, 5) is 15.8. The highest BCUT2D eigenvalue weighted by Crippen LogP contribution is 2.57. The summed E-state index contributed by atoms with van der Waals surface area (Å²) in [5.74, 6) is 0.684. The summed E-state index contributed by atoms with van der Waals surface area (Å²) in [6.45, 7) is 0. The minimum atomic E-state index is -0.497. The molecule has 0 saturated carbocycles. The first kappa shape index (κ1) is 40.2. The summed E-state index contributed by atoms with van der Waals surface area (Å²) in [6, 6.07) is 93.5. The average Bonchev–Trinajstić information content (AvgIpc) is 3.73. The van der Waals surface area contributed by atoms with E-state index in [9.17, 15) is 0 Å². The summed E-state index contributed by atoms with van der Waals surface area (Å²) >= 11 is 0. The maximum absolute atomic E-state index is 5.47. The van der Waals surface area contributed by atoms with Crippen LogP contribution in [0.3, 0.4) is 0 Å². The van der Waals surface area contributed by atoms with Crippen molar-refractivity contribution in [2.24, 2.45) is 0 Å². The lowest BCUT2D eigenvalue weighted by Gasteiger charge is -2.34. The summed E-state index contributed by atoms with van der Waals surface area (Å²) in [5.41, 5.74) is 19.5. The number of benzene rings is 10. The molecule has 69 heavy (non-hydrogen) atoms. The third kappa shape index (κ3) is 6.86. The van der Waals surface area contributed by atoms with Gasteiger partial charge in [0.05, 0.1) is 28.0 Å². The SMILES string of the molecule is c1ccc(-c2ccc(-c3cc(-c4ccccc4)nc(-c4ccc(-c5cccc(-c6nc7ccccc7c7cc8c(cc67)-c6ccccc6C8(c6ccccc6)c6ccccc6)c5)cc4)n3)cc2)cc1. The fourth-order valence-electron chi connectivity index (χ4n) is 10.7. The zero-order chi connectivity index (χ0) is 45.7. The minimum absolute atomic E-state index is 0.497. The molecule has 2 aromatic heterocycles. The lowest BCUT2D eigenvalue weighted by atomic mass is 9.67. The van der Waals surface area contributed by atoms with E-state index in [4.69, 9.17) is 15.0 Å². The molecule has 0 aliphatic heterocycles. The van der Waals surface area contributed by atoms with Crippen molar-refractivity contribution in [1.82, 2.24) is 15.0 Å². The van der Waals surface area contributed by atoms with E-state index in [0.29, 0.717) is 5.82 Å². The number of nitrogens with zero attached hydrogens (tertiary/aromatic N) is 3. The zero-order valence-corrected chi connectivity index (χ0v) is 37.7. The largest absolute Gasteiger partial charge is 0.247 e. The van der Waals surface area contributed by atoms with Gasteiger partial charge in [0.2, 0.25) is 0 Å². The maximum Gasteiger partial charge on any atom is 0.160 e. The molecule has 2 heterocycles. The van der Waals surface area contributed by atoms with E-state index in [0.717, 1.165) is 66.8 Å². The van der Waals surface area contributed by atoms with Crippen LogP contribution < -0.4 is 0 Å². The number of para-hydroxylation sites is 1. The van der Waals surface area contributed by atoms with Crippen molar-refractivity contribution in [1.29, 1.82) is 0 Å². The number of rotatable bonds is 8. The van der Waals surface area contributed by atoms with Gasteiger partial charge in [0.15, 0.2) is 5.82 Å². The van der Waals surface area contributed by atoms with E-state index >= 15 is 0 Å². The number of fused-ring (bicyclic) bond motifs is 6. The molecule has 0 radical (unpaired) electrons. The van der Waals surface area contributed by atoms with Crippen LogP contribution in [0.4, 0.5) is 0 Å². The molecule has 3 nitrogen and oxygen atoms in total. The van der Waals surface area contributed by atoms with Gasteiger partial charge < -0.3 is 0 Å². The Morgan fingerprint density at radius 1 is 0.261 bits per heavy atom. The third-order valence-electron chi connectivity index (χ3n) is 14.0. The standard InChI is InChI=1S/C66H43N3/c1-5-18-44(19-6-1)45-32-36-48(37-33-45)63-43-62(47-20-7-2-8-21-47)68-65(69-63)49-38-34-46(35-39-49)50-22-17-23-51(40-50)64-58-41-57-54-28-13-15-30-59(54)66(52-24-9-3-10-25-52,53-26-11-4-12-27-53)60(57)42-56(58)55-29-14-16-31-61(55)67-64/h1-43H. The fourth-order valence-corrected chi connectivity index (χ4v) is 10.7. The lowest BCUT2D eigenvalue weighted by molar-refractivity contribution is 0.769. The van der Waals surface area contributed by atoms with Crippen LogP contribution in [-0.2, 0) is 5.41 Å². The van der Waals surface area contributed by atoms with Crippen molar-refractivity contribution in [2.45, 2.75) is 5.41 Å². The molecule has 0 saturated heterocycles. The van der Waals surface area contributed by atoms with Crippen LogP contribution in [0.1, 0.15) is 22.3 Å². The molecule has 0 bridgehead atoms. The number of pyridine rings is 1. The van der Waals surface area contributed by atoms with Gasteiger partial charge in [0, 0.05) is 33.0 Å². The Kier molecular flexibility index (Phi) is 9.73. The van der Waals surface area contributed by atoms with E-state index in [-0.39, 0.29) is 0 Å². The van der Waals surface area contributed by atoms with Gasteiger partial charge in [0.25, 0.3) is 0 Å². The molecular formula is C66H43N3. The van der Waals surface area contributed by atoms with E-state index in [1.807, 2.05) is 12.1 Å². The van der Waals surface area contributed by atoms with Crippen molar-refractivity contribution in [3.63, 3.8) is 0 Å². The number of aromatic nitrogens is 3. The molecule has 0 spiro atoms. The van der Waals surface area contributed by atoms with Gasteiger partial charge in [-0.05, 0) is 91.4 Å². The van der Waals surface area contributed by atoms with Crippen LogP contribution in [0, 0.1) is 0 Å². The van der Waals surface area contributed by atoms with Crippen molar-refractivity contribution in [3.05, 3.63) is 283 Å². The first-order valence-corrected chi connectivity index (χ1v) is 23.6.